The predicted octanol–water partition coefficient (Wildman–Crippen LogP) is 4.13. The maximum absolute atomic E-state index is 13.3. The van der Waals surface area contributed by atoms with Gasteiger partial charge in [0.2, 0.25) is 0 Å². The second kappa shape index (κ2) is 7.68. The molecule has 3 nitrogen and oxygen atoms in total. The van der Waals surface area contributed by atoms with E-state index in [9.17, 15) is 18.3 Å². The van der Waals surface area contributed by atoms with Crippen LogP contribution in [-0.4, -0.2) is 44.2 Å². The molecule has 23 heavy (non-hydrogen) atoms. The molecule has 0 aromatic heterocycles. The lowest BCUT2D eigenvalue weighted by atomic mass is 9.99. The topological polar surface area (TPSA) is 32.7 Å². The third kappa shape index (κ3) is 5.22. The van der Waals surface area contributed by atoms with E-state index in [4.69, 9.17) is 4.74 Å². The Balaban J connectivity index is 2.97. The van der Waals surface area contributed by atoms with Crippen LogP contribution in [0.4, 0.5) is 13.2 Å². The molecule has 0 fully saturated rings. The number of hydrogen-bond donors (Lipinski definition) is 1. The Bertz CT molecular complexity index is 493. The van der Waals surface area contributed by atoms with Crippen LogP contribution in [-0.2, 0) is 4.74 Å². The molecule has 1 aliphatic heterocycles. The van der Waals surface area contributed by atoms with E-state index < -0.39 is 32.3 Å². The van der Waals surface area contributed by atoms with Gasteiger partial charge in [0.1, 0.15) is 6.73 Å². The van der Waals surface area contributed by atoms with Gasteiger partial charge in [0, 0.05) is 26.3 Å². The van der Waals surface area contributed by atoms with Gasteiger partial charge in [0.05, 0.1) is 17.9 Å². The lowest BCUT2D eigenvalue weighted by Crippen LogP contribution is -2.27. The number of halogens is 3. The minimum atomic E-state index is -4.48. The fourth-order valence-electron chi connectivity index (χ4n) is 2.55. The molecule has 0 aromatic rings. The molecular formula is C16H26F3NO2Si. The number of allylic oxidation sites excluding steroid dienone is 3. The number of aliphatic hydroxyl groups excluding tert-OH is 1. The zero-order chi connectivity index (χ0) is 17.8. The Labute approximate surface area is 137 Å². The summed E-state index contributed by atoms with van der Waals surface area (Å²) in [6.45, 7) is 11.5. The van der Waals surface area contributed by atoms with E-state index in [2.05, 4.69) is 26.2 Å². The van der Waals surface area contributed by atoms with Gasteiger partial charge in [-0.05, 0) is 12.1 Å². The summed E-state index contributed by atoms with van der Waals surface area (Å²) in [5.41, 5.74) is -0.391. The third-order valence-corrected chi connectivity index (χ3v) is 5.49. The molecular weight excluding hydrogens is 323 g/mol. The van der Waals surface area contributed by atoms with Gasteiger partial charge in [0.15, 0.2) is 0 Å². The highest BCUT2D eigenvalue weighted by Crippen LogP contribution is 2.45. The first kappa shape index (κ1) is 20.0. The van der Waals surface area contributed by atoms with E-state index in [-0.39, 0.29) is 12.4 Å². The SMILES string of the molecule is C=C/C=C1\C(C)C(C(F)(F)F)=C(CO)N1COCC[Si](C)(C)C. The first-order chi connectivity index (χ1) is 10.5. The quantitative estimate of drug-likeness (QED) is 0.554. The van der Waals surface area contributed by atoms with Crippen LogP contribution < -0.4 is 0 Å². The highest BCUT2D eigenvalue weighted by Gasteiger charge is 2.47. The highest BCUT2D eigenvalue weighted by molar-refractivity contribution is 6.76. The van der Waals surface area contributed by atoms with Gasteiger partial charge in [-0.3, -0.25) is 0 Å². The maximum atomic E-state index is 13.3. The Hall–Kier alpha value is -1.05. The molecule has 0 bridgehead atoms. The summed E-state index contributed by atoms with van der Waals surface area (Å²) in [5.74, 6) is -0.851. The van der Waals surface area contributed by atoms with Crippen LogP contribution in [0.25, 0.3) is 0 Å². The second-order valence-corrected chi connectivity index (χ2v) is 12.5. The number of ether oxygens (including phenoxy) is 1. The van der Waals surface area contributed by atoms with Crippen molar-refractivity contribution in [1.29, 1.82) is 0 Å². The van der Waals surface area contributed by atoms with E-state index in [0.717, 1.165) is 6.04 Å². The molecule has 132 valence electrons. The van der Waals surface area contributed by atoms with Crippen molar-refractivity contribution in [3.63, 3.8) is 0 Å². The number of alkyl halides is 3. The number of nitrogens with zero attached hydrogens (tertiary/aromatic N) is 1. The lowest BCUT2D eigenvalue weighted by Gasteiger charge is -2.25. The minimum Gasteiger partial charge on any atom is -0.390 e. The predicted molar refractivity (Wildman–Crippen MR) is 88.4 cm³/mol. The van der Waals surface area contributed by atoms with Gasteiger partial charge in [-0.1, -0.05) is 39.2 Å². The van der Waals surface area contributed by atoms with Gasteiger partial charge < -0.3 is 14.7 Å². The molecule has 1 N–H and O–H groups in total. The van der Waals surface area contributed by atoms with Crippen LogP contribution >= 0.6 is 0 Å². The Morgan fingerprint density at radius 1 is 1.35 bits per heavy atom. The summed E-state index contributed by atoms with van der Waals surface area (Å²) in [6, 6.07) is 0.932. The zero-order valence-corrected chi connectivity index (χ0v) is 15.2. The molecule has 7 heteroatoms. The zero-order valence-electron chi connectivity index (χ0n) is 14.2. The van der Waals surface area contributed by atoms with Gasteiger partial charge in [0.25, 0.3) is 0 Å². The molecule has 1 rings (SSSR count). The molecule has 1 heterocycles. The van der Waals surface area contributed by atoms with E-state index in [1.54, 1.807) is 6.08 Å². The van der Waals surface area contributed by atoms with Crippen LogP contribution in [0, 0.1) is 5.92 Å². The molecule has 0 aliphatic carbocycles. The monoisotopic (exact) mass is 349 g/mol. The van der Waals surface area contributed by atoms with Gasteiger partial charge in [-0.2, -0.15) is 13.2 Å². The summed E-state index contributed by atoms with van der Waals surface area (Å²) in [4.78, 5) is 1.42. The maximum Gasteiger partial charge on any atom is 0.415 e. The summed E-state index contributed by atoms with van der Waals surface area (Å²) in [6.07, 6.45) is -1.49. The van der Waals surface area contributed by atoms with Crippen molar-refractivity contribution in [2.24, 2.45) is 5.92 Å². The van der Waals surface area contributed by atoms with Crippen LogP contribution in [0.2, 0.25) is 25.7 Å². The first-order valence-corrected chi connectivity index (χ1v) is 11.3. The smallest absolute Gasteiger partial charge is 0.390 e. The standard InChI is InChI=1S/C16H26F3NO2Si/c1-6-7-13-12(2)15(16(17,18)19)14(10-21)20(13)11-22-8-9-23(3,4)5/h6-7,12,21H,1,8-11H2,2-5H3/b13-7+. The summed E-state index contributed by atoms with van der Waals surface area (Å²) in [5, 5.41) is 9.46. The average molecular weight is 349 g/mol. The highest BCUT2D eigenvalue weighted by atomic mass is 28.3. The van der Waals surface area contributed by atoms with Crippen molar-refractivity contribution in [1.82, 2.24) is 4.90 Å². The average Bonchev–Trinajstić information content (AvgIpc) is 2.67. The minimum absolute atomic E-state index is 0.00394. The number of aliphatic hydroxyl groups is 1. The molecule has 1 unspecified atom stereocenters. The fraction of sp³-hybridized carbons (Fsp3) is 0.625. The normalized spacial score (nSPS) is 21.5. The van der Waals surface area contributed by atoms with Crippen molar-refractivity contribution >= 4 is 8.07 Å². The molecule has 0 amide bonds. The van der Waals surface area contributed by atoms with Crippen molar-refractivity contribution in [2.45, 2.75) is 38.8 Å². The molecule has 0 aromatic carbocycles. The van der Waals surface area contributed by atoms with Gasteiger partial charge in [-0.25, -0.2) is 0 Å². The molecule has 1 atom stereocenters. The number of rotatable bonds is 7. The van der Waals surface area contributed by atoms with Crippen LogP contribution in [0.1, 0.15) is 6.92 Å². The van der Waals surface area contributed by atoms with E-state index in [0.29, 0.717) is 12.3 Å². The second-order valence-electron chi connectivity index (χ2n) is 6.84. The molecule has 0 spiro atoms. The Morgan fingerprint density at radius 2 is 1.96 bits per heavy atom. The Morgan fingerprint density at radius 3 is 2.39 bits per heavy atom. The van der Waals surface area contributed by atoms with Crippen molar-refractivity contribution in [2.75, 3.05) is 19.9 Å². The lowest BCUT2D eigenvalue weighted by molar-refractivity contribution is -0.0974. The summed E-state index contributed by atoms with van der Waals surface area (Å²) >= 11 is 0. The van der Waals surface area contributed by atoms with Crippen LogP contribution in [0.15, 0.2) is 35.7 Å². The van der Waals surface area contributed by atoms with Gasteiger partial charge in [-0.15, -0.1) is 0 Å². The molecule has 0 radical (unpaired) electrons. The van der Waals surface area contributed by atoms with E-state index in [1.807, 2.05) is 0 Å². The summed E-state index contributed by atoms with van der Waals surface area (Å²) < 4.78 is 45.5. The Kier molecular flexibility index (Phi) is 6.67. The largest absolute Gasteiger partial charge is 0.415 e. The summed E-state index contributed by atoms with van der Waals surface area (Å²) in [7, 11) is -1.26. The number of hydrogen-bond acceptors (Lipinski definition) is 3. The van der Waals surface area contributed by atoms with Crippen molar-refractivity contribution in [3.05, 3.63) is 35.7 Å². The van der Waals surface area contributed by atoms with Crippen molar-refractivity contribution < 1.29 is 23.0 Å². The molecule has 0 saturated heterocycles. The van der Waals surface area contributed by atoms with Crippen LogP contribution in [0.5, 0.6) is 0 Å². The van der Waals surface area contributed by atoms with E-state index >= 15 is 0 Å². The molecule has 0 saturated carbocycles. The van der Waals surface area contributed by atoms with E-state index in [1.165, 1.54) is 17.9 Å². The fourth-order valence-corrected chi connectivity index (χ4v) is 3.31. The molecule has 1 aliphatic rings. The van der Waals surface area contributed by atoms with Crippen molar-refractivity contribution in [3.8, 4) is 0 Å². The third-order valence-electron chi connectivity index (χ3n) is 3.79. The first-order valence-electron chi connectivity index (χ1n) is 7.62. The van der Waals surface area contributed by atoms with Crippen LogP contribution in [0.3, 0.4) is 0 Å². The van der Waals surface area contributed by atoms with Gasteiger partial charge >= 0.3 is 6.18 Å².